The van der Waals surface area contributed by atoms with E-state index in [1.54, 1.807) is 0 Å². The van der Waals surface area contributed by atoms with Crippen LogP contribution in [0.5, 0.6) is 5.75 Å². The first-order chi connectivity index (χ1) is 8.70. The molecule has 1 aliphatic rings. The summed E-state index contributed by atoms with van der Waals surface area (Å²) < 4.78 is 5.87. The van der Waals surface area contributed by atoms with Crippen LogP contribution in [0.2, 0.25) is 0 Å². The molecule has 0 heterocycles. The molecule has 1 atom stereocenters. The lowest BCUT2D eigenvalue weighted by Crippen LogP contribution is -2.26. The molecule has 0 bridgehead atoms. The van der Waals surface area contributed by atoms with Crippen molar-refractivity contribution >= 4 is 0 Å². The fourth-order valence-corrected chi connectivity index (χ4v) is 2.20. The molecule has 0 saturated heterocycles. The Bertz CT molecular complexity index is 371. The second-order valence-corrected chi connectivity index (χ2v) is 5.57. The zero-order chi connectivity index (χ0) is 13.0. The third kappa shape index (κ3) is 3.74. The van der Waals surface area contributed by atoms with Gasteiger partial charge in [-0.3, -0.25) is 0 Å². The molecule has 0 amide bonds. The Morgan fingerprint density at radius 3 is 2.72 bits per heavy atom. The second kappa shape index (κ2) is 6.24. The summed E-state index contributed by atoms with van der Waals surface area (Å²) in [7, 11) is 0. The summed E-state index contributed by atoms with van der Waals surface area (Å²) in [5.41, 5.74) is 1.34. The largest absolute Gasteiger partial charge is 0.490 e. The van der Waals surface area contributed by atoms with Gasteiger partial charge >= 0.3 is 0 Å². The van der Waals surface area contributed by atoms with Gasteiger partial charge in [-0.1, -0.05) is 32.9 Å². The van der Waals surface area contributed by atoms with Crippen molar-refractivity contribution in [3.63, 3.8) is 0 Å². The van der Waals surface area contributed by atoms with Crippen LogP contribution in [0, 0.1) is 5.92 Å². The molecule has 1 aromatic carbocycles. The van der Waals surface area contributed by atoms with Gasteiger partial charge in [0.1, 0.15) is 5.75 Å². The van der Waals surface area contributed by atoms with Crippen LogP contribution in [0.1, 0.15) is 51.6 Å². The zero-order valence-electron chi connectivity index (χ0n) is 11.8. The lowest BCUT2D eigenvalue weighted by atomic mass is 9.96. The maximum absolute atomic E-state index is 5.87. The fraction of sp³-hybridized carbons (Fsp3) is 0.625. The highest BCUT2D eigenvalue weighted by molar-refractivity contribution is 5.31. The van der Waals surface area contributed by atoms with Crippen LogP contribution in [0.15, 0.2) is 24.3 Å². The Balaban J connectivity index is 2.07. The third-order valence-electron chi connectivity index (χ3n) is 3.33. The molecule has 1 unspecified atom stereocenters. The molecule has 2 rings (SSSR count). The lowest BCUT2D eigenvalue weighted by molar-refractivity contribution is 0.302. The summed E-state index contributed by atoms with van der Waals surface area (Å²) in [5.74, 6) is 1.62. The van der Waals surface area contributed by atoms with E-state index < -0.39 is 0 Å². The molecule has 0 aliphatic heterocycles. The van der Waals surface area contributed by atoms with Gasteiger partial charge in [0.25, 0.3) is 0 Å². The standard InChI is InChI=1S/C16H25NO/c1-4-10-17-16(12(2)3)13-6-5-7-15(11-13)18-14-8-9-14/h5-7,11-12,14,16-17H,4,8-10H2,1-3H3. The number of ether oxygens (including phenoxy) is 1. The van der Waals surface area contributed by atoms with E-state index in [1.807, 2.05) is 0 Å². The number of benzene rings is 1. The van der Waals surface area contributed by atoms with Crippen molar-refractivity contribution in [1.29, 1.82) is 0 Å². The Labute approximate surface area is 111 Å². The topological polar surface area (TPSA) is 21.3 Å². The van der Waals surface area contributed by atoms with Crippen molar-refractivity contribution in [1.82, 2.24) is 5.32 Å². The molecule has 0 spiro atoms. The van der Waals surface area contributed by atoms with E-state index in [0.29, 0.717) is 18.1 Å². The first-order valence-corrected chi connectivity index (χ1v) is 7.20. The maximum atomic E-state index is 5.87. The van der Waals surface area contributed by atoms with Crippen LogP contribution < -0.4 is 10.1 Å². The van der Waals surface area contributed by atoms with Crippen LogP contribution in [0.4, 0.5) is 0 Å². The van der Waals surface area contributed by atoms with Crippen molar-refractivity contribution in [2.24, 2.45) is 5.92 Å². The zero-order valence-corrected chi connectivity index (χ0v) is 11.8. The first kappa shape index (κ1) is 13.4. The molecular formula is C16H25NO. The van der Waals surface area contributed by atoms with E-state index in [-0.39, 0.29) is 0 Å². The van der Waals surface area contributed by atoms with Gasteiger partial charge in [-0.2, -0.15) is 0 Å². The summed E-state index contributed by atoms with van der Waals surface area (Å²) in [5, 5.41) is 3.63. The van der Waals surface area contributed by atoms with Crippen LogP contribution in [0.3, 0.4) is 0 Å². The van der Waals surface area contributed by atoms with Gasteiger partial charge in [-0.15, -0.1) is 0 Å². The van der Waals surface area contributed by atoms with Gasteiger partial charge in [0.2, 0.25) is 0 Å². The Morgan fingerprint density at radius 1 is 1.33 bits per heavy atom. The van der Waals surface area contributed by atoms with Crippen molar-refractivity contribution in [3.8, 4) is 5.75 Å². The van der Waals surface area contributed by atoms with E-state index in [2.05, 4.69) is 50.4 Å². The Hall–Kier alpha value is -1.02. The predicted octanol–water partition coefficient (Wildman–Crippen LogP) is 3.92. The van der Waals surface area contributed by atoms with Crippen molar-refractivity contribution in [3.05, 3.63) is 29.8 Å². The second-order valence-electron chi connectivity index (χ2n) is 5.57. The molecule has 1 aromatic rings. The highest BCUT2D eigenvalue weighted by atomic mass is 16.5. The minimum absolute atomic E-state index is 0.424. The molecule has 1 saturated carbocycles. The minimum atomic E-state index is 0.424. The van der Waals surface area contributed by atoms with Gasteiger partial charge in [-0.25, -0.2) is 0 Å². The molecule has 100 valence electrons. The Kier molecular flexibility index (Phi) is 4.65. The molecule has 1 aliphatic carbocycles. The summed E-state index contributed by atoms with van der Waals surface area (Å²) in [6.45, 7) is 7.80. The van der Waals surface area contributed by atoms with Crippen molar-refractivity contribution in [2.45, 2.75) is 52.2 Å². The van der Waals surface area contributed by atoms with Crippen LogP contribution in [-0.2, 0) is 0 Å². The van der Waals surface area contributed by atoms with E-state index in [9.17, 15) is 0 Å². The van der Waals surface area contributed by atoms with E-state index in [4.69, 9.17) is 4.74 Å². The molecule has 2 heteroatoms. The van der Waals surface area contributed by atoms with Gasteiger partial charge in [0, 0.05) is 6.04 Å². The van der Waals surface area contributed by atoms with Gasteiger partial charge in [0.05, 0.1) is 6.10 Å². The Morgan fingerprint density at radius 2 is 2.11 bits per heavy atom. The molecular weight excluding hydrogens is 222 g/mol. The summed E-state index contributed by atoms with van der Waals surface area (Å²) in [6, 6.07) is 9.00. The number of hydrogen-bond acceptors (Lipinski definition) is 2. The van der Waals surface area contributed by atoms with Gasteiger partial charge in [0.15, 0.2) is 0 Å². The molecule has 18 heavy (non-hydrogen) atoms. The number of nitrogens with one attached hydrogen (secondary N) is 1. The molecule has 0 aromatic heterocycles. The minimum Gasteiger partial charge on any atom is -0.490 e. The lowest BCUT2D eigenvalue weighted by Gasteiger charge is -2.23. The first-order valence-electron chi connectivity index (χ1n) is 7.20. The monoisotopic (exact) mass is 247 g/mol. The number of hydrogen-bond donors (Lipinski definition) is 1. The molecule has 1 fully saturated rings. The average Bonchev–Trinajstić information content (AvgIpc) is 3.13. The van der Waals surface area contributed by atoms with Gasteiger partial charge in [-0.05, 0) is 49.4 Å². The summed E-state index contributed by atoms with van der Waals surface area (Å²) in [6.07, 6.45) is 4.07. The fourth-order valence-electron chi connectivity index (χ4n) is 2.20. The molecule has 2 nitrogen and oxygen atoms in total. The number of rotatable bonds is 7. The normalized spacial score (nSPS) is 16.9. The van der Waals surface area contributed by atoms with Crippen LogP contribution >= 0.6 is 0 Å². The SMILES string of the molecule is CCCNC(c1cccc(OC2CC2)c1)C(C)C. The summed E-state index contributed by atoms with van der Waals surface area (Å²) >= 11 is 0. The van der Waals surface area contributed by atoms with Crippen molar-refractivity contribution in [2.75, 3.05) is 6.54 Å². The quantitative estimate of drug-likeness (QED) is 0.788. The van der Waals surface area contributed by atoms with Crippen LogP contribution in [0.25, 0.3) is 0 Å². The van der Waals surface area contributed by atoms with E-state index >= 15 is 0 Å². The maximum Gasteiger partial charge on any atom is 0.120 e. The third-order valence-corrected chi connectivity index (χ3v) is 3.33. The van der Waals surface area contributed by atoms with E-state index in [0.717, 1.165) is 12.3 Å². The summed E-state index contributed by atoms with van der Waals surface area (Å²) in [4.78, 5) is 0. The molecule has 0 radical (unpaired) electrons. The highest BCUT2D eigenvalue weighted by Gasteiger charge is 2.24. The average molecular weight is 247 g/mol. The van der Waals surface area contributed by atoms with Crippen molar-refractivity contribution < 1.29 is 4.74 Å². The van der Waals surface area contributed by atoms with Gasteiger partial charge < -0.3 is 10.1 Å². The molecule has 1 N–H and O–H groups in total. The van der Waals surface area contributed by atoms with E-state index in [1.165, 1.54) is 24.8 Å². The van der Waals surface area contributed by atoms with Crippen LogP contribution in [-0.4, -0.2) is 12.6 Å². The smallest absolute Gasteiger partial charge is 0.120 e. The highest BCUT2D eigenvalue weighted by Crippen LogP contribution is 2.29. The predicted molar refractivity (Wildman–Crippen MR) is 76.0 cm³/mol.